The summed E-state index contributed by atoms with van der Waals surface area (Å²) in [7, 11) is 0. The van der Waals surface area contributed by atoms with Crippen LogP contribution in [0.1, 0.15) is 43.9 Å². The van der Waals surface area contributed by atoms with Gasteiger partial charge < -0.3 is 14.7 Å². The Labute approximate surface area is 185 Å². The minimum Gasteiger partial charge on any atom is -0.507 e. The number of Topliss-reactive ketones (excluding diaryl/α,β-unsaturated/α-hetero) is 1. The second kappa shape index (κ2) is 9.54. The number of amides is 1. The van der Waals surface area contributed by atoms with Gasteiger partial charge >= 0.3 is 0 Å². The van der Waals surface area contributed by atoms with E-state index in [9.17, 15) is 14.7 Å². The van der Waals surface area contributed by atoms with Crippen molar-refractivity contribution in [2.75, 3.05) is 13.2 Å². The highest BCUT2D eigenvalue weighted by atomic mass is 35.5. The second-order valence-electron chi connectivity index (χ2n) is 6.97. The van der Waals surface area contributed by atoms with Gasteiger partial charge in [-0.05, 0) is 49.2 Å². The van der Waals surface area contributed by atoms with Crippen LogP contribution in [-0.4, -0.2) is 34.8 Å². The molecule has 2 aromatic carbocycles. The van der Waals surface area contributed by atoms with Crippen molar-refractivity contribution in [2.24, 2.45) is 0 Å². The smallest absolute Gasteiger partial charge is 0.295 e. The zero-order valence-corrected chi connectivity index (χ0v) is 18.3. The molecule has 1 amide bonds. The number of aliphatic hydroxyl groups excluding tert-OH is 1. The lowest BCUT2D eigenvalue weighted by Gasteiger charge is -2.25. The Bertz CT molecular complexity index is 985. The molecule has 1 saturated heterocycles. The van der Waals surface area contributed by atoms with Gasteiger partial charge in [-0.3, -0.25) is 9.59 Å². The third kappa shape index (κ3) is 4.32. The lowest BCUT2D eigenvalue weighted by molar-refractivity contribution is -0.139. The molecule has 1 aliphatic heterocycles. The minimum atomic E-state index is -0.735. The molecule has 1 heterocycles. The Morgan fingerprint density at radius 3 is 2.43 bits per heavy atom. The van der Waals surface area contributed by atoms with Gasteiger partial charge in [0.1, 0.15) is 11.5 Å². The van der Waals surface area contributed by atoms with E-state index in [1.54, 1.807) is 42.5 Å². The Balaban J connectivity index is 2.18. The number of hydrogen-bond acceptors (Lipinski definition) is 4. The zero-order chi connectivity index (χ0) is 21.8. The molecule has 7 heteroatoms. The maximum atomic E-state index is 13.0. The van der Waals surface area contributed by atoms with Gasteiger partial charge in [0, 0.05) is 17.1 Å². The number of nitrogens with zero attached hydrogens (tertiary/aromatic N) is 1. The Morgan fingerprint density at radius 1 is 1.10 bits per heavy atom. The Morgan fingerprint density at radius 2 is 1.80 bits per heavy atom. The first-order valence-corrected chi connectivity index (χ1v) is 10.6. The van der Waals surface area contributed by atoms with E-state index >= 15 is 0 Å². The zero-order valence-electron chi connectivity index (χ0n) is 16.8. The van der Waals surface area contributed by atoms with E-state index in [2.05, 4.69) is 0 Å². The quantitative estimate of drug-likeness (QED) is 0.340. The van der Waals surface area contributed by atoms with Crippen LogP contribution in [0.25, 0.3) is 5.76 Å². The molecule has 2 aromatic rings. The fourth-order valence-corrected chi connectivity index (χ4v) is 3.85. The molecule has 1 atom stereocenters. The molecule has 0 saturated carbocycles. The van der Waals surface area contributed by atoms with Crippen molar-refractivity contribution in [1.82, 2.24) is 4.90 Å². The first-order chi connectivity index (χ1) is 14.4. The third-order valence-electron chi connectivity index (χ3n) is 4.98. The SMILES string of the molecule is CCCCN1C(=O)C(=O)/C(=C(/O)c2cc(OCC)ccc2Cl)C1c1ccc(Cl)cc1. The van der Waals surface area contributed by atoms with Crippen LogP contribution in [0.4, 0.5) is 0 Å². The van der Waals surface area contributed by atoms with Crippen molar-refractivity contribution < 1.29 is 19.4 Å². The van der Waals surface area contributed by atoms with Gasteiger partial charge in [0.05, 0.1) is 23.2 Å². The molecule has 0 aliphatic carbocycles. The summed E-state index contributed by atoms with van der Waals surface area (Å²) < 4.78 is 5.49. The summed E-state index contributed by atoms with van der Waals surface area (Å²) in [4.78, 5) is 27.3. The molecule has 1 aliphatic rings. The van der Waals surface area contributed by atoms with E-state index in [-0.39, 0.29) is 21.9 Å². The summed E-state index contributed by atoms with van der Waals surface area (Å²) in [6.45, 7) is 4.69. The van der Waals surface area contributed by atoms with Crippen molar-refractivity contribution in [1.29, 1.82) is 0 Å². The monoisotopic (exact) mass is 447 g/mol. The number of rotatable bonds is 7. The molecule has 1 fully saturated rings. The number of aliphatic hydroxyl groups is 1. The van der Waals surface area contributed by atoms with Crippen molar-refractivity contribution in [3.8, 4) is 5.75 Å². The summed E-state index contributed by atoms with van der Waals surface area (Å²) in [6.07, 6.45) is 1.59. The number of benzene rings is 2. The van der Waals surface area contributed by atoms with E-state index in [0.717, 1.165) is 12.8 Å². The largest absolute Gasteiger partial charge is 0.507 e. The standard InChI is InChI=1S/C23H23Cl2NO4/c1-3-5-12-26-20(14-6-8-15(24)9-7-14)19(22(28)23(26)29)21(27)17-13-16(30-4-2)10-11-18(17)25/h6-11,13,20,27H,3-5,12H2,1-2H3/b21-19+. The number of ketones is 1. The normalized spacial score (nSPS) is 18.1. The number of carbonyl (C=O) groups is 2. The average Bonchev–Trinajstić information content (AvgIpc) is 2.98. The van der Waals surface area contributed by atoms with Crippen LogP contribution in [0.15, 0.2) is 48.0 Å². The predicted molar refractivity (Wildman–Crippen MR) is 118 cm³/mol. The molecule has 1 N–H and O–H groups in total. The molecular weight excluding hydrogens is 425 g/mol. The minimum absolute atomic E-state index is 0.00831. The highest BCUT2D eigenvalue weighted by molar-refractivity contribution is 6.47. The van der Waals surface area contributed by atoms with E-state index < -0.39 is 17.7 Å². The van der Waals surface area contributed by atoms with Crippen LogP contribution >= 0.6 is 23.2 Å². The third-order valence-corrected chi connectivity index (χ3v) is 5.56. The number of carbonyl (C=O) groups excluding carboxylic acids is 2. The van der Waals surface area contributed by atoms with Crippen LogP contribution in [0, 0.1) is 0 Å². The van der Waals surface area contributed by atoms with Crippen molar-refractivity contribution in [2.45, 2.75) is 32.7 Å². The van der Waals surface area contributed by atoms with Gasteiger partial charge in [-0.15, -0.1) is 0 Å². The summed E-state index contributed by atoms with van der Waals surface area (Å²) in [5.74, 6) is -1.19. The molecule has 30 heavy (non-hydrogen) atoms. The van der Waals surface area contributed by atoms with Gasteiger partial charge in [-0.1, -0.05) is 48.7 Å². The maximum absolute atomic E-state index is 13.0. The molecule has 0 radical (unpaired) electrons. The van der Waals surface area contributed by atoms with Gasteiger partial charge in [-0.25, -0.2) is 0 Å². The highest BCUT2D eigenvalue weighted by Gasteiger charge is 2.45. The van der Waals surface area contributed by atoms with Gasteiger partial charge in [0.15, 0.2) is 0 Å². The summed E-state index contributed by atoms with van der Waals surface area (Å²) in [5.41, 5.74) is 0.942. The van der Waals surface area contributed by atoms with Crippen LogP contribution in [-0.2, 0) is 9.59 Å². The van der Waals surface area contributed by atoms with Gasteiger partial charge in [0.25, 0.3) is 11.7 Å². The van der Waals surface area contributed by atoms with Crippen LogP contribution in [0.3, 0.4) is 0 Å². The van der Waals surface area contributed by atoms with E-state index in [0.29, 0.717) is 29.5 Å². The van der Waals surface area contributed by atoms with Gasteiger partial charge in [-0.2, -0.15) is 0 Å². The molecule has 0 bridgehead atoms. The van der Waals surface area contributed by atoms with Crippen LogP contribution in [0.5, 0.6) is 5.75 Å². The topological polar surface area (TPSA) is 66.8 Å². The summed E-state index contributed by atoms with van der Waals surface area (Å²) in [6, 6.07) is 11.0. The molecule has 3 rings (SSSR count). The van der Waals surface area contributed by atoms with Crippen molar-refractivity contribution in [3.05, 3.63) is 69.2 Å². The summed E-state index contributed by atoms with van der Waals surface area (Å²) >= 11 is 12.3. The molecule has 1 unspecified atom stereocenters. The predicted octanol–water partition coefficient (Wildman–Crippen LogP) is 5.61. The van der Waals surface area contributed by atoms with Gasteiger partial charge in [0.2, 0.25) is 0 Å². The lowest BCUT2D eigenvalue weighted by atomic mass is 9.95. The highest BCUT2D eigenvalue weighted by Crippen LogP contribution is 2.41. The maximum Gasteiger partial charge on any atom is 0.295 e. The fourth-order valence-electron chi connectivity index (χ4n) is 3.52. The number of hydrogen-bond donors (Lipinski definition) is 1. The average molecular weight is 448 g/mol. The first kappa shape index (κ1) is 22.2. The molecule has 5 nitrogen and oxygen atoms in total. The molecular formula is C23H23Cl2NO4. The van der Waals surface area contributed by atoms with Crippen LogP contribution in [0.2, 0.25) is 10.0 Å². The molecule has 0 aromatic heterocycles. The first-order valence-electron chi connectivity index (χ1n) is 9.85. The van der Waals surface area contributed by atoms with E-state index in [1.165, 1.54) is 4.90 Å². The van der Waals surface area contributed by atoms with Crippen molar-refractivity contribution in [3.63, 3.8) is 0 Å². The lowest BCUT2D eigenvalue weighted by Crippen LogP contribution is -2.30. The number of ether oxygens (including phenoxy) is 1. The molecule has 0 spiro atoms. The van der Waals surface area contributed by atoms with Crippen LogP contribution < -0.4 is 4.74 Å². The number of unbranched alkanes of at least 4 members (excludes halogenated alkanes) is 1. The Kier molecular flexibility index (Phi) is 7.06. The number of halogens is 2. The van der Waals surface area contributed by atoms with Crippen molar-refractivity contribution >= 4 is 40.7 Å². The summed E-state index contributed by atoms with van der Waals surface area (Å²) in [5, 5.41) is 11.9. The fraction of sp³-hybridized carbons (Fsp3) is 0.304. The van der Waals surface area contributed by atoms with E-state index in [1.807, 2.05) is 13.8 Å². The Hall–Kier alpha value is -2.50. The molecule has 158 valence electrons. The second-order valence-corrected chi connectivity index (χ2v) is 7.82. The van der Waals surface area contributed by atoms with E-state index in [4.69, 9.17) is 27.9 Å². The number of likely N-dealkylation sites (tertiary alicyclic amines) is 1.